The molecule has 0 atom stereocenters. The quantitative estimate of drug-likeness (QED) is 0.362. The summed E-state index contributed by atoms with van der Waals surface area (Å²) in [7, 11) is 0. The highest BCUT2D eigenvalue weighted by Gasteiger charge is 2.53. The van der Waals surface area contributed by atoms with Crippen LogP contribution in [0.15, 0.2) is 61.5 Å². The molecule has 0 unspecified atom stereocenters. The lowest BCUT2D eigenvalue weighted by Crippen LogP contribution is -2.45. The van der Waals surface area contributed by atoms with Gasteiger partial charge in [-0.05, 0) is 66.7 Å². The number of allylic oxidation sites excluding steroid dienone is 3. The Kier molecular flexibility index (Phi) is 5.39. The van der Waals surface area contributed by atoms with Gasteiger partial charge in [-0.15, -0.1) is 15.3 Å². The first-order valence-corrected chi connectivity index (χ1v) is 11.7. The lowest BCUT2D eigenvalue weighted by molar-refractivity contribution is -0.0124. The number of aliphatic hydroxyl groups excluding tert-OH is 1. The molecule has 0 saturated heterocycles. The molecular formula is C27H31N5O. The molecule has 6 nitrogen and oxygen atoms in total. The number of nitrogens with zero attached hydrogens (tertiary/aromatic N) is 5. The third kappa shape index (κ3) is 4.10. The first-order valence-electron chi connectivity index (χ1n) is 11.7. The maximum absolute atomic E-state index is 9.84. The second-order valence-electron chi connectivity index (χ2n) is 10.3. The van der Waals surface area contributed by atoms with Crippen LogP contribution in [0.3, 0.4) is 0 Å². The molecule has 1 N–H and O–H groups in total. The van der Waals surface area contributed by atoms with Crippen molar-refractivity contribution in [2.24, 2.45) is 11.3 Å². The van der Waals surface area contributed by atoms with Crippen molar-refractivity contribution in [3.05, 3.63) is 78.5 Å². The van der Waals surface area contributed by atoms with Crippen molar-refractivity contribution >= 4 is 16.5 Å². The van der Waals surface area contributed by atoms with Crippen LogP contribution in [0.2, 0.25) is 0 Å². The molecule has 6 heteroatoms. The van der Waals surface area contributed by atoms with Gasteiger partial charge in [0.25, 0.3) is 0 Å². The van der Waals surface area contributed by atoms with Crippen molar-refractivity contribution in [1.29, 1.82) is 0 Å². The monoisotopic (exact) mass is 441 g/mol. The van der Waals surface area contributed by atoms with E-state index in [4.69, 9.17) is 0 Å². The van der Waals surface area contributed by atoms with Crippen LogP contribution in [-0.2, 0) is 6.54 Å². The number of hydrogen-bond acceptors (Lipinski definition) is 5. The third-order valence-electron chi connectivity index (χ3n) is 7.20. The van der Waals surface area contributed by atoms with E-state index in [0.29, 0.717) is 34.4 Å². The van der Waals surface area contributed by atoms with Crippen LogP contribution < -0.4 is 0 Å². The molecular weight excluding hydrogens is 410 g/mol. The van der Waals surface area contributed by atoms with Crippen LogP contribution in [-0.4, -0.2) is 30.3 Å². The van der Waals surface area contributed by atoms with Gasteiger partial charge in [-0.2, -0.15) is 0 Å². The Morgan fingerprint density at radius 3 is 2.61 bits per heavy atom. The fourth-order valence-corrected chi connectivity index (χ4v) is 5.60. The molecule has 0 radical (unpaired) electrons. The molecule has 1 aromatic carbocycles. The fraction of sp³-hybridized carbons (Fsp3) is 0.407. The molecule has 2 saturated carbocycles. The Morgan fingerprint density at radius 2 is 1.91 bits per heavy atom. The van der Waals surface area contributed by atoms with Gasteiger partial charge in [0.05, 0.1) is 16.9 Å². The summed E-state index contributed by atoms with van der Waals surface area (Å²) < 4.78 is 1.99. The van der Waals surface area contributed by atoms with Crippen LogP contribution in [0.4, 0.5) is 0 Å². The van der Waals surface area contributed by atoms with Crippen molar-refractivity contribution in [1.82, 2.24) is 25.2 Å². The van der Waals surface area contributed by atoms with Gasteiger partial charge >= 0.3 is 0 Å². The summed E-state index contributed by atoms with van der Waals surface area (Å²) in [5.41, 5.74) is 5.00. The number of aliphatic hydroxyl groups is 1. The van der Waals surface area contributed by atoms with Gasteiger partial charge in [0, 0.05) is 29.6 Å². The summed E-state index contributed by atoms with van der Waals surface area (Å²) in [6.45, 7) is 12.6. The molecule has 0 bridgehead atoms. The predicted molar refractivity (Wildman–Crippen MR) is 131 cm³/mol. The molecule has 2 fully saturated rings. The zero-order valence-corrected chi connectivity index (χ0v) is 19.4. The zero-order valence-electron chi connectivity index (χ0n) is 19.4. The van der Waals surface area contributed by atoms with E-state index in [-0.39, 0.29) is 5.76 Å². The van der Waals surface area contributed by atoms with E-state index in [0.717, 1.165) is 23.1 Å². The third-order valence-corrected chi connectivity index (χ3v) is 7.20. The Morgan fingerprint density at radius 1 is 1.15 bits per heavy atom. The second-order valence-corrected chi connectivity index (χ2v) is 10.3. The van der Waals surface area contributed by atoms with Gasteiger partial charge in [-0.1, -0.05) is 50.4 Å². The molecule has 0 amide bonds. The Balaban J connectivity index is 1.23. The summed E-state index contributed by atoms with van der Waals surface area (Å²) in [5.74, 6) is 1.69. The molecule has 33 heavy (non-hydrogen) atoms. The highest BCUT2D eigenvalue weighted by Crippen LogP contribution is 2.66. The van der Waals surface area contributed by atoms with E-state index in [2.05, 4.69) is 71.9 Å². The summed E-state index contributed by atoms with van der Waals surface area (Å²) >= 11 is 0. The number of benzene rings is 1. The highest BCUT2D eigenvalue weighted by atomic mass is 16.3. The van der Waals surface area contributed by atoms with E-state index in [1.165, 1.54) is 31.2 Å². The van der Waals surface area contributed by atoms with E-state index in [1.54, 1.807) is 12.2 Å². The maximum Gasteiger partial charge on any atom is 0.117 e. The lowest BCUT2D eigenvalue weighted by atomic mass is 9.47. The minimum Gasteiger partial charge on any atom is -0.508 e. The van der Waals surface area contributed by atoms with Gasteiger partial charge in [0.1, 0.15) is 5.76 Å². The second kappa shape index (κ2) is 8.25. The molecule has 170 valence electrons. The SMILES string of the molecule is C=C/C=C(\C(=C)O)c1cc2ccc(C3CC4(C3)CC(c3cn(CC(C)C)nn3)C4)cc2nn1. The summed E-state index contributed by atoms with van der Waals surface area (Å²) in [4.78, 5) is 0. The largest absolute Gasteiger partial charge is 0.508 e. The molecule has 0 aliphatic heterocycles. The molecule has 3 aromatic rings. The predicted octanol–water partition coefficient (Wildman–Crippen LogP) is 5.96. The Labute approximate surface area is 194 Å². The number of fused-ring (bicyclic) bond motifs is 1. The first kappa shape index (κ1) is 21.6. The van der Waals surface area contributed by atoms with Crippen LogP contribution in [0.5, 0.6) is 0 Å². The first-order chi connectivity index (χ1) is 15.9. The minimum absolute atomic E-state index is 0.0405. The average molecular weight is 442 g/mol. The van der Waals surface area contributed by atoms with Crippen molar-refractivity contribution in [3.63, 3.8) is 0 Å². The molecule has 5 rings (SSSR count). The van der Waals surface area contributed by atoms with Gasteiger partial charge < -0.3 is 5.11 Å². The molecule has 2 aliphatic carbocycles. The number of hydrogen-bond donors (Lipinski definition) is 1. The number of rotatable bonds is 7. The Hall–Kier alpha value is -3.28. The zero-order chi connectivity index (χ0) is 23.2. The van der Waals surface area contributed by atoms with Crippen LogP contribution >= 0.6 is 0 Å². The topological polar surface area (TPSA) is 76.7 Å². The maximum atomic E-state index is 9.84. The smallest absolute Gasteiger partial charge is 0.117 e. The van der Waals surface area contributed by atoms with Crippen LogP contribution in [0.1, 0.15) is 68.3 Å². The van der Waals surface area contributed by atoms with Gasteiger partial charge in [0.2, 0.25) is 0 Å². The molecule has 1 spiro atoms. The molecule has 2 aliphatic rings. The van der Waals surface area contributed by atoms with E-state index in [1.807, 2.05) is 10.7 Å². The summed E-state index contributed by atoms with van der Waals surface area (Å²) in [6, 6.07) is 8.43. The number of aromatic nitrogens is 5. The van der Waals surface area contributed by atoms with Crippen molar-refractivity contribution < 1.29 is 5.11 Å². The van der Waals surface area contributed by atoms with Gasteiger partial charge in [-0.25, -0.2) is 0 Å². The molecule has 2 aromatic heterocycles. The van der Waals surface area contributed by atoms with Crippen LogP contribution in [0, 0.1) is 11.3 Å². The average Bonchev–Trinajstić information content (AvgIpc) is 3.16. The highest BCUT2D eigenvalue weighted by molar-refractivity contribution is 5.84. The molecule has 2 heterocycles. The van der Waals surface area contributed by atoms with E-state index >= 15 is 0 Å². The van der Waals surface area contributed by atoms with E-state index in [9.17, 15) is 5.11 Å². The van der Waals surface area contributed by atoms with Crippen molar-refractivity contribution in [2.75, 3.05) is 0 Å². The van der Waals surface area contributed by atoms with Gasteiger partial charge in [0.15, 0.2) is 0 Å². The van der Waals surface area contributed by atoms with Gasteiger partial charge in [-0.3, -0.25) is 4.68 Å². The minimum atomic E-state index is -0.0405. The summed E-state index contributed by atoms with van der Waals surface area (Å²) in [5, 5.41) is 28.3. The Bertz CT molecular complexity index is 1240. The van der Waals surface area contributed by atoms with Crippen molar-refractivity contribution in [3.8, 4) is 0 Å². The summed E-state index contributed by atoms with van der Waals surface area (Å²) in [6.07, 6.45) is 10.4. The lowest BCUT2D eigenvalue weighted by Gasteiger charge is -2.57. The fourth-order valence-electron chi connectivity index (χ4n) is 5.60. The van der Waals surface area contributed by atoms with Crippen LogP contribution in [0.25, 0.3) is 16.5 Å². The standard InChI is InChI=1S/C27H31N5O/c1-5-6-23(18(4)33)25-10-20-8-7-19(9-24(20)28-29-25)21-11-27(12-21)13-22(14-27)26-16-32(31-30-26)15-17(2)3/h5-10,16-17,21-22,33H,1,4,11-15H2,2-3H3/b23-6+. The van der Waals surface area contributed by atoms with Crippen molar-refractivity contribution in [2.45, 2.75) is 57.9 Å². The van der Waals surface area contributed by atoms with E-state index < -0.39 is 0 Å². The normalized spacial score (nSPS) is 24.6.